The van der Waals surface area contributed by atoms with Gasteiger partial charge in [0.05, 0.1) is 5.52 Å². The maximum absolute atomic E-state index is 5.99. The SMILES string of the molecule is CCc1ccccc1-c1cc2c(-c3ccc4[nH]nc(N)c4c3)ccnc2[nH]1. The van der Waals surface area contributed by atoms with Crippen LogP contribution in [0.1, 0.15) is 12.5 Å². The van der Waals surface area contributed by atoms with E-state index in [1.807, 2.05) is 18.3 Å². The Morgan fingerprint density at radius 1 is 0.963 bits per heavy atom. The summed E-state index contributed by atoms with van der Waals surface area (Å²) in [6.07, 6.45) is 2.83. The molecule has 4 N–H and O–H groups in total. The summed E-state index contributed by atoms with van der Waals surface area (Å²) in [5.74, 6) is 0.517. The predicted octanol–water partition coefficient (Wildman–Crippen LogP) is 4.92. The van der Waals surface area contributed by atoms with Crippen LogP contribution in [0.25, 0.3) is 44.3 Å². The third-order valence-electron chi connectivity index (χ3n) is 5.12. The summed E-state index contributed by atoms with van der Waals surface area (Å²) in [5.41, 5.74) is 13.7. The van der Waals surface area contributed by atoms with Crippen LogP contribution in [0.5, 0.6) is 0 Å². The summed E-state index contributed by atoms with van der Waals surface area (Å²) in [6.45, 7) is 2.18. The van der Waals surface area contributed by atoms with Crippen molar-refractivity contribution in [2.24, 2.45) is 0 Å². The van der Waals surface area contributed by atoms with Gasteiger partial charge < -0.3 is 10.7 Å². The number of benzene rings is 2. The summed E-state index contributed by atoms with van der Waals surface area (Å²) in [5, 5.41) is 9.07. The zero-order chi connectivity index (χ0) is 18.4. The van der Waals surface area contributed by atoms with Gasteiger partial charge in [-0.3, -0.25) is 5.10 Å². The number of nitrogens with zero attached hydrogens (tertiary/aromatic N) is 2. The second-order valence-electron chi connectivity index (χ2n) is 6.68. The van der Waals surface area contributed by atoms with E-state index in [-0.39, 0.29) is 0 Å². The Hall–Kier alpha value is -3.60. The van der Waals surface area contributed by atoms with Gasteiger partial charge in [-0.2, -0.15) is 5.10 Å². The van der Waals surface area contributed by atoms with E-state index in [1.165, 1.54) is 11.1 Å². The van der Waals surface area contributed by atoms with Crippen LogP contribution in [0.2, 0.25) is 0 Å². The highest BCUT2D eigenvalue weighted by molar-refractivity contribution is 5.99. The highest BCUT2D eigenvalue weighted by Gasteiger charge is 2.12. The molecule has 0 amide bonds. The van der Waals surface area contributed by atoms with E-state index < -0.39 is 0 Å². The maximum Gasteiger partial charge on any atom is 0.153 e. The molecule has 0 saturated heterocycles. The number of nitrogens with one attached hydrogen (secondary N) is 2. The molecular formula is C22H19N5. The number of hydrogen-bond acceptors (Lipinski definition) is 3. The van der Waals surface area contributed by atoms with Crippen LogP contribution < -0.4 is 5.73 Å². The molecular weight excluding hydrogens is 334 g/mol. The fraction of sp³-hybridized carbons (Fsp3) is 0.0909. The maximum atomic E-state index is 5.99. The quantitative estimate of drug-likeness (QED) is 0.430. The Labute approximate surface area is 156 Å². The first-order valence-corrected chi connectivity index (χ1v) is 9.04. The third-order valence-corrected chi connectivity index (χ3v) is 5.12. The van der Waals surface area contributed by atoms with E-state index in [0.29, 0.717) is 5.82 Å². The molecule has 0 saturated carbocycles. The lowest BCUT2D eigenvalue weighted by Crippen LogP contribution is -1.86. The molecule has 0 fully saturated rings. The smallest absolute Gasteiger partial charge is 0.153 e. The summed E-state index contributed by atoms with van der Waals surface area (Å²) >= 11 is 0. The lowest BCUT2D eigenvalue weighted by molar-refractivity contribution is 1.13. The molecule has 5 heteroatoms. The van der Waals surface area contributed by atoms with Crippen LogP contribution in [0.4, 0.5) is 5.82 Å². The van der Waals surface area contributed by atoms with Gasteiger partial charge in [-0.15, -0.1) is 0 Å². The van der Waals surface area contributed by atoms with Crippen LogP contribution in [-0.2, 0) is 6.42 Å². The Bertz CT molecular complexity index is 1280. The molecule has 132 valence electrons. The fourth-order valence-electron chi connectivity index (χ4n) is 3.72. The monoisotopic (exact) mass is 353 g/mol. The van der Waals surface area contributed by atoms with Crippen LogP contribution in [0, 0.1) is 0 Å². The highest BCUT2D eigenvalue weighted by Crippen LogP contribution is 2.34. The van der Waals surface area contributed by atoms with Gasteiger partial charge in [-0.05, 0) is 47.4 Å². The minimum Gasteiger partial charge on any atom is -0.382 e. The first-order valence-electron chi connectivity index (χ1n) is 9.04. The number of nitrogens with two attached hydrogens (primary N) is 1. The number of fused-ring (bicyclic) bond motifs is 2. The van der Waals surface area contributed by atoms with Crippen molar-refractivity contribution in [3.63, 3.8) is 0 Å². The minimum atomic E-state index is 0.517. The van der Waals surface area contributed by atoms with Gasteiger partial charge in [0.15, 0.2) is 5.82 Å². The Morgan fingerprint density at radius 3 is 2.74 bits per heavy atom. The molecule has 0 spiro atoms. The molecule has 5 aromatic rings. The molecule has 27 heavy (non-hydrogen) atoms. The first-order chi connectivity index (χ1) is 13.2. The Balaban J connectivity index is 1.71. The third kappa shape index (κ3) is 2.47. The average Bonchev–Trinajstić information content (AvgIpc) is 3.31. The number of nitrogen functional groups attached to an aromatic ring is 1. The number of aryl methyl sites for hydroxylation is 1. The molecule has 3 heterocycles. The van der Waals surface area contributed by atoms with Crippen molar-refractivity contribution >= 4 is 27.8 Å². The molecule has 3 aromatic heterocycles. The van der Waals surface area contributed by atoms with E-state index in [2.05, 4.69) is 69.6 Å². The van der Waals surface area contributed by atoms with Crippen LogP contribution in [0.3, 0.4) is 0 Å². The van der Waals surface area contributed by atoms with Crippen molar-refractivity contribution in [2.45, 2.75) is 13.3 Å². The van der Waals surface area contributed by atoms with Crippen molar-refractivity contribution in [2.75, 3.05) is 5.73 Å². The number of hydrogen-bond donors (Lipinski definition) is 3. The van der Waals surface area contributed by atoms with Gasteiger partial charge in [-0.25, -0.2) is 4.98 Å². The highest BCUT2D eigenvalue weighted by atomic mass is 15.1. The van der Waals surface area contributed by atoms with Crippen molar-refractivity contribution in [3.05, 3.63) is 66.4 Å². The zero-order valence-electron chi connectivity index (χ0n) is 15.0. The molecule has 0 aliphatic rings. The van der Waals surface area contributed by atoms with Crippen LogP contribution in [-0.4, -0.2) is 20.2 Å². The van der Waals surface area contributed by atoms with Gasteiger partial charge in [0.1, 0.15) is 5.65 Å². The molecule has 0 unspecified atom stereocenters. The van der Waals surface area contributed by atoms with Gasteiger partial charge >= 0.3 is 0 Å². The summed E-state index contributed by atoms with van der Waals surface area (Å²) < 4.78 is 0. The molecule has 0 radical (unpaired) electrons. The molecule has 0 atom stereocenters. The number of anilines is 1. The minimum absolute atomic E-state index is 0.517. The number of aromatic nitrogens is 4. The topological polar surface area (TPSA) is 83.4 Å². The van der Waals surface area contributed by atoms with Crippen LogP contribution in [0.15, 0.2) is 60.8 Å². The van der Waals surface area contributed by atoms with E-state index in [4.69, 9.17) is 5.73 Å². The van der Waals surface area contributed by atoms with Crippen molar-refractivity contribution in [3.8, 4) is 22.4 Å². The number of aromatic amines is 2. The number of rotatable bonds is 3. The lowest BCUT2D eigenvalue weighted by atomic mass is 10.00. The summed E-state index contributed by atoms with van der Waals surface area (Å²) in [7, 11) is 0. The van der Waals surface area contributed by atoms with Crippen molar-refractivity contribution < 1.29 is 0 Å². The largest absolute Gasteiger partial charge is 0.382 e. The molecule has 0 aliphatic carbocycles. The summed E-state index contributed by atoms with van der Waals surface area (Å²) in [4.78, 5) is 8.03. The Kier molecular flexibility index (Phi) is 3.47. The molecule has 2 aromatic carbocycles. The first kappa shape index (κ1) is 15.6. The van der Waals surface area contributed by atoms with Gasteiger partial charge in [-0.1, -0.05) is 37.3 Å². The normalized spacial score (nSPS) is 11.4. The molecule has 5 rings (SSSR count). The standard InChI is InChI=1S/C22H19N5/c1-2-13-5-3-4-6-16(13)20-12-17-15(9-10-24-22(17)25-20)14-7-8-19-18(11-14)21(23)27-26-19/h3-12H,2H2,1H3,(H,24,25)(H3,23,26,27). The van der Waals surface area contributed by atoms with E-state index >= 15 is 0 Å². The number of H-pyrrole nitrogens is 2. The zero-order valence-corrected chi connectivity index (χ0v) is 15.0. The number of pyridine rings is 1. The molecule has 0 aliphatic heterocycles. The van der Waals surface area contributed by atoms with E-state index in [0.717, 1.165) is 45.2 Å². The Morgan fingerprint density at radius 2 is 1.85 bits per heavy atom. The molecule has 5 nitrogen and oxygen atoms in total. The second-order valence-corrected chi connectivity index (χ2v) is 6.68. The fourth-order valence-corrected chi connectivity index (χ4v) is 3.72. The lowest BCUT2D eigenvalue weighted by Gasteiger charge is -2.04. The van der Waals surface area contributed by atoms with Gasteiger partial charge in [0.25, 0.3) is 0 Å². The van der Waals surface area contributed by atoms with E-state index in [1.54, 1.807) is 0 Å². The second kappa shape index (κ2) is 5.99. The van der Waals surface area contributed by atoms with Crippen molar-refractivity contribution in [1.82, 2.24) is 20.2 Å². The predicted molar refractivity (Wildman–Crippen MR) is 110 cm³/mol. The van der Waals surface area contributed by atoms with Gasteiger partial charge in [0.2, 0.25) is 0 Å². The van der Waals surface area contributed by atoms with E-state index in [9.17, 15) is 0 Å². The van der Waals surface area contributed by atoms with Crippen LogP contribution >= 0.6 is 0 Å². The van der Waals surface area contributed by atoms with Gasteiger partial charge in [0, 0.05) is 28.2 Å². The summed E-state index contributed by atoms with van der Waals surface area (Å²) in [6, 6.07) is 18.9. The molecule has 0 bridgehead atoms. The average molecular weight is 353 g/mol. The van der Waals surface area contributed by atoms with Crippen molar-refractivity contribution in [1.29, 1.82) is 0 Å².